The highest BCUT2D eigenvalue weighted by atomic mass is 16.5. The maximum absolute atomic E-state index is 5.34. The zero-order valence-corrected chi connectivity index (χ0v) is 12.0. The van der Waals surface area contributed by atoms with Crippen LogP contribution in [0.15, 0.2) is 18.2 Å². The van der Waals surface area contributed by atoms with Gasteiger partial charge in [-0.15, -0.1) is 0 Å². The van der Waals surface area contributed by atoms with Crippen LogP contribution in [-0.2, 0) is 13.1 Å². The van der Waals surface area contributed by atoms with Crippen LogP contribution < -0.4 is 14.8 Å². The fourth-order valence-electron chi connectivity index (χ4n) is 1.89. The summed E-state index contributed by atoms with van der Waals surface area (Å²) in [6.45, 7) is 3.42. The Hall–Kier alpha value is -2.31. The molecule has 0 atom stereocenters. The molecular weight excluding hydrogens is 258 g/mol. The third kappa shape index (κ3) is 3.17. The number of hydrogen-bond acceptors (Lipinski definition) is 6. The summed E-state index contributed by atoms with van der Waals surface area (Å²) in [7, 11) is 3.28. The van der Waals surface area contributed by atoms with Gasteiger partial charge in [-0.2, -0.15) is 0 Å². The Kier molecular flexibility index (Phi) is 4.75. The van der Waals surface area contributed by atoms with Crippen molar-refractivity contribution in [3.05, 3.63) is 23.8 Å². The predicted octanol–water partition coefficient (Wildman–Crippen LogP) is 1.71. The van der Waals surface area contributed by atoms with Crippen molar-refractivity contribution in [2.45, 2.75) is 26.4 Å². The first-order valence-corrected chi connectivity index (χ1v) is 6.49. The molecule has 1 heterocycles. The normalized spacial score (nSPS) is 10.3. The van der Waals surface area contributed by atoms with Gasteiger partial charge in [0, 0.05) is 18.7 Å². The van der Waals surface area contributed by atoms with Crippen molar-refractivity contribution in [3.63, 3.8) is 0 Å². The number of nitrogens with one attached hydrogen (secondary N) is 1. The molecule has 0 amide bonds. The molecule has 7 heteroatoms. The first-order valence-electron chi connectivity index (χ1n) is 6.49. The molecule has 0 saturated carbocycles. The molecule has 0 aliphatic rings. The highest BCUT2D eigenvalue weighted by Gasteiger charge is 2.08. The molecule has 0 unspecified atom stereocenters. The molecule has 1 aromatic carbocycles. The Labute approximate surface area is 117 Å². The summed E-state index contributed by atoms with van der Waals surface area (Å²) in [5.41, 5.74) is 0.984. The maximum Gasteiger partial charge on any atom is 0.243 e. The number of benzene rings is 1. The van der Waals surface area contributed by atoms with E-state index in [4.69, 9.17) is 9.47 Å². The minimum Gasteiger partial charge on any atom is -0.497 e. The summed E-state index contributed by atoms with van der Waals surface area (Å²) in [5, 5.41) is 14.8. The lowest BCUT2D eigenvalue weighted by atomic mass is 10.2. The highest BCUT2D eigenvalue weighted by molar-refractivity contribution is 5.42. The van der Waals surface area contributed by atoms with Crippen LogP contribution in [0.5, 0.6) is 11.5 Å². The molecule has 0 bridgehead atoms. The molecule has 108 valence electrons. The van der Waals surface area contributed by atoms with E-state index in [-0.39, 0.29) is 0 Å². The van der Waals surface area contributed by atoms with Gasteiger partial charge in [-0.05, 0) is 35.0 Å². The lowest BCUT2D eigenvalue weighted by Gasteiger charge is -2.11. The van der Waals surface area contributed by atoms with E-state index in [1.54, 1.807) is 18.9 Å². The molecular formula is C13H19N5O2. The molecule has 2 aromatic rings. The standard InChI is InChI=1S/C13H19N5O2/c1-4-7-18-13(15-16-17-18)14-9-10-8-11(19-2)5-6-12(10)20-3/h5-6,8H,4,7,9H2,1-3H3,(H,14,15,17). The van der Waals surface area contributed by atoms with Crippen LogP contribution in [0, 0.1) is 0 Å². The van der Waals surface area contributed by atoms with Gasteiger partial charge in [-0.1, -0.05) is 12.0 Å². The summed E-state index contributed by atoms with van der Waals surface area (Å²) in [4.78, 5) is 0. The van der Waals surface area contributed by atoms with Crippen molar-refractivity contribution in [3.8, 4) is 11.5 Å². The average molecular weight is 277 g/mol. The number of hydrogen-bond donors (Lipinski definition) is 1. The van der Waals surface area contributed by atoms with Crippen LogP contribution in [0.1, 0.15) is 18.9 Å². The number of tetrazole rings is 1. The summed E-state index contributed by atoms with van der Waals surface area (Å²) in [5.74, 6) is 2.24. The van der Waals surface area contributed by atoms with Gasteiger partial charge >= 0.3 is 0 Å². The van der Waals surface area contributed by atoms with Gasteiger partial charge in [0.25, 0.3) is 0 Å². The van der Waals surface area contributed by atoms with Gasteiger partial charge in [0.15, 0.2) is 0 Å². The quantitative estimate of drug-likeness (QED) is 0.830. The number of methoxy groups -OCH3 is 2. The van der Waals surface area contributed by atoms with Crippen molar-refractivity contribution in [1.82, 2.24) is 20.2 Å². The molecule has 1 aromatic heterocycles. The zero-order valence-electron chi connectivity index (χ0n) is 12.0. The Morgan fingerprint density at radius 1 is 1.25 bits per heavy atom. The van der Waals surface area contributed by atoms with Crippen molar-refractivity contribution >= 4 is 5.95 Å². The molecule has 0 aliphatic carbocycles. The zero-order chi connectivity index (χ0) is 14.4. The van der Waals surface area contributed by atoms with Crippen molar-refractivity contribution in [2.24, 2.45) is 0 Å². The first kappa shape index (κ1) is 14.1. The summed E-state index contributed by atoms with van der Waals surface area (Å²) in [6.07, 6.45) is 0.974. The van der Waals surface area contributed by atoms with E-state index >= 15 is 0 Å². The monoisotopic (exact) mass is 277 g/mol. The van der Waals surface area contributed by atoms with E-state index in [1.165, 1.54) is 0 Å². The molecule has 0 radical (unpaired) electrons. The third-order valence-electron chi connectivity index (χ3n) is 2.89. The number of ether oxygens (including phenoxy) is 2. The topological polar surface area (TPSA) is 74.1 Å². The van der Waals surface area contributed by atoms with Crippen LogP contribution in [0.4, 0.5) is 5.95 Å². The van der Waals surface area contributed by atoms with Gasteiger partial charge in [-0.3, -0.25) is 0 Å². The Balaban J connectivity index is 2.11. The van der Waals surface area contributed by atoms with Gasteiger partial charge in [0.2, 0.25) is 5.95 Å². The molecule has 0 fully saturated rings. The number of nitrogens with zero attached hydrogens (tertiary/aromatic N) is 4. The van der Waals surface area contributed by atoms with Crippen LogP contribution >= 0.6 is 0 Å². The van der Waals surface area contributed by atoms with E-state index in [0.717, 1.165) is 30.0 Å². The molecule has 0 saturated heterocycles. The molecule has 2 rings (SSSR count). The van der Waals surface area contributed by atoms with Crippen molar-refractivity contribution < 1.29 is 9.47 Å². The highest BCUT2D eigenvalue weighted by Crippen LogP contribution is 2.24. The molecule has 1 N–H and O–H groups in total. The second kappa shape index (κ2) is 6.74. The van der Waals surface area contributed by atoms with Gasteiger partial charge in [0.05, 0.1) is 14.2 Å². The SMILES string of the molecule is CCCn1nnnc1NCc1cc(OC)ccc1OC. The molecule has 0 aliphatic heterocycles. The van der Waals surface area contributed by atoms with E-state index in [0.29, 0.717) is 12.5 Å². The fraction of sp³-hybridized carbons (Fsp3) is 0.462. The van der Waals surface area contributed by atoms with E-state index in [9.17, 15) is 0 Å². The van der Waals surface area contributed by atoms with Crippen LogP contribution in [0.2, 0.25) is 0 Å². The van der Waals surface area contributed by atoms with E-state index in [1.807, 2.05) is 18.2 Å². The number of anilines is 1. The lowest BCUT2D eigenvalue weighted by molar-refractivity contribution is 0.399. The number of rotatable bonds is 7. The molecule has 7 nitrogen and oxygen atoms in total. The van der Waals surface area contributed by atoms with Crippen molar-refractivity contribution in [1.29, 1.82) is 0 Å². The second-order valence-electron chi connectivity index (χ2n) is 4.26. The summed E-state index contributed by atoms with van der Waals surface area (Å²) < 4.78 is 12.3. The van der Waals surface area contributed by atoms with Crippen molar-refractivity contribution in [2.75, 3.05) is 19.5 Å². The average Bonchev–Trinajstić information content (AvgIpc) is 2.92. The Morgan fingerprint density at radius 3 is 2.80 bits per heavy atom. The van der Waals surface area contributed by atoms with E-state index in [2.05, 4.69) is 27.8 Å². The van der Waals surface area contributed by atoms with Crippen LogP contribution in [-0.4, -0.2) is 34.4 Å². The fourth-order valence-corrected chi connectivity index (χ4v) is 1.89. The second-order valence-corrected chi connectivity index (χ2v) is 4.26. The summed E-state index contributed by atoms with van der Waals surface area (Å²) >= 11 is 0. The van der Waals surface area contributed by atoms with Gasteiger partial charge in [0.1, 0.15) is 11.5 Å². The molecule has 0 spiro atoms. The summed E-state index contributed by atoms with van der Waals surface area (Å²) in [6, 6.07) is 5.67. The first-order chi connectivity index (χ1) is 9.78. The Morgan fingerprint density at radius 2 is 2.10 bits per heavy atom. The van der Waals surface area contributed by atoms with Crippen LogP contribution in [0.25, 0.3) is 0 Å². The lowest BCUT2D eigenvalue weighted by Crippen LogP contribution is -2.09. The van der Waals surface area contributed by atoms with Crippen LogP contribution in [0.3, 0.4) is 0 Å². The van der Waals surface area contributed by atoms with Gasteiger partial charge in [-0.25, -0.2) is 4.68 Å². The largest absolute Gasteiger partial charge is 0.497 e. The minimum atomic E-state index is 0.560. The molecule has 20 heavy (non-hydrogen) atoms. The third-order valence-corrected chi connectivity index (χ3v) is 2.89. The van der Waals surface area contributed by atoms with E-state index < -0.39 is 0 Å². The minimum absolute atomic E-state index is 0.560. The number of aromatic nitrogens is 4. The smallest absolute Gasteiger partial charge is 0.243 e. The predicted molar refractivity (Wildman–Crippen MR) is 75.0 cm³/mol. The maximum atomic E-state index is 5.34. The van der Waals surface area contributed by atoms with Gasteiger partial charge < -0.3 is 14.8 Å². The number of aryl methyl sites for hydroxylation is 1. The Bertz CT molecular complexity index is 555.